The normalized spacial score (nSPS) is 11.2. The average Bonchev–Trinajstić information content (AvgIpc) is 2.61. The van der Waals surface area contributed by atoms with Crippen molar-refractivity contribution in [1.29, 1.82) is 0 Å². The first-order chi connectivity index (χ1) is 11.6. The number of guanidine groups is 1. The second kappa shape index (κ2) is 14.0. The largest absolute Gasteiger partial charge is 0.493 e. The maximum absolute atomic E-state index is 5.89. The number of aliphatic imine (C=N–C) groups is 1. The Kier molecular flexibility index (Phi) is 13.3. The van der Waals surface area contributed by atoms with Crippen LogP contribution in [0.2, 0.25) is 0 Å². The molecule has 0 aliphatic heterocycles. The monoisotopic (exact) mass is 466 g/mol. The van der Waals surface area contributed by atoms with E-state index >= 15 is 0 Å². The lowest BCUT2D eigenvalue weighted by molar-refractivity contribution is 0.161. The highest BCUT2D eigenvalue weighted by molar-refractivity contribution is 14.0. The number of nitrogens with zero attached hydrogens (tertiary/aromatic N) is 2. The molecule has 1 aromatic carbocycles. The SMILES string of the molecule is COCCN(C)CCCNC(N)=NCc1ccc(OC)c(OC)c1.I. The Morgan fingerprint density at radius 3 is 2.52 bits per heavy atom. The van der Waals surface area contributed by atoms with Crippen molar-refractivity contribution >= 4 is 29.9 Å². The quantitative estimate of drug-likeness (QED) is 0.224. The Hall–Kier alpha value is -1.26. The Balaban J connectivity index is 0.00000576. The van der Waals surface area contributed by atoms with Gasteiger partial charge in [-0.3, -0.25) is 0 Å². The molecule has 0 atom stereocenters. The third-order valence-corrected chi connectivity index (χ3v) is 3.58. The van der Waals surface area contributed by atoms with Crippen molar-refractivity contribution in [2.24, 2.45) is 10.7 Å². The highest BCUT2D eigenvalue weighted by atomic mass is 127. The molecule has 0 spiro atoms. The van der Waals surface area contributed by atoms with Crippen LogP contribution in [0.4, 0.5) is 0 Å². The molecule has 0 aromatic heterocycles. The van der Waals surface area contributed by atoms with Crippen molar-refractivity contribution < 1.29 is 14.2 Å². The summed E-state index contributed by atoms with van der Waals surface area (Å²) in [5.41, 5.74) is 6.91. The van der Waals surface area contributed by atoms with Gasteiger partial charge in [0.05, 0.1) is 27.4 Å². The van der Waals surface area contributed by atoms with Gasteiger partial charge in [0.1, 0.15) is 0 Å². The topological polar surface area (TPSA) is 81.3 Å². The number of likely N-dealkylation sites (N-methyl/N-ethyl adjacent to an activating group) is 1. The van der Waals surface area contributed by atoms with Gasteiger partial charge in [-0.25, -0.2) is 4.99 Å². The van der Waals surface area contributed by atoms with Crippen LogP contribution in [-0.2, 0) is 11.3 Å². The molecule has 0 fully saturated rings. The highest BCUT2D eigenvalue weighted by Crippen LogP contribution is 2.27. The fourth-order valence-corrected chi connectivity index (χ4v) is 2.14. The lowest BCUT2D eigenvalue weighted by Gasteiger charge is -2.16. The first kappa shape index (κ1) is 23.7. The minimum absolute atomic E-state index is 0. The van der Waals surface area contributed by atoms with E-state index in [4.69, 9.17) is 19.9 Å². The van der Waals surface area contributed by atoms with Gasteiger partial charge >= 0.3 is 0 Å². The van der Waals surface area contributed by atoms with E-state index in [0.29, 0.717) is 24.0 Å². The Labute approximate surface area is 167 Å². The number of ether oxygens (including phenoxy) is 3. The lowest BCUT2D eigenvalue weighted by atomic mass is 10.2. The van der Waals surface area contributed by atoms with E-state index in [1.807, 2.05) is 18.2 Å². The predicted octanol–water partition coefficient (Wildman–Crippen LogP) is 1.69. The van der Waals surface area contributed by atoms with Crippen LogP contribution >= 0.6 is 24.0 Å². The molecular weight excluding hydrogens is 435 g/mol. The van der Waals surface area contributed by atoms with E-state index in [1.54, 1.807) is 21.3 Å². The molecule has 0 aliphatic carbocycles. The Morgan fingerprint density at radius 2 is 1.88 bits per heavy atom. The molecule has 0 heterocycles. The summed E-state index contributed by atoms with van der Waals surface area (Å²) >= 11 is 0. The molecule has 8 heteroatoms. The summed E-state index contributed by atoms with van der Waals surface area (Å²) in [7, 11) is 7.02. The van der Waals surface area contributed by atoms with E-state index in [9.17, 15) is 0 Å². The number of nitrogens with two attached hydrogens (primary N) is 1. The van der Waals surface area contributed by atoms with Crippen LogP contribution in [0.3, 0.4) is 0 Å². The van der Waals surface area contributed by atoms with Crippen molar-refractivity contribution in [2.45, 2.75) is 13.0 Å². The summed E-state index contributed by atoms with van der Waals surface area (Å²) < 4.78 is 15.5. The summed E-state index contributed by atoms with van der Waals surface area (Å²) in [6.07, 6.45) is 0.993. The number of benzene rings is 1. The molecule has 0 saturated carbocycles. The lowest BCUT2D eigenvalue weighted by Crippen LogP contribution is -2.34. The first-order valence-electron chi connectivity index (χ1n) is 8.02. The van der Waals surface area contributed by atoms with Crippen molar-refractivity contribution in [3.8, 4) is 11.5 Å². The summed E-state index contributed by atoms with van der Waals surface area (Å²) in [5, 5.41) is 3.13. The van der Waals surface area contributed by atoms with Gasteiger partial charge in [0.15, 0.2) is 17.5 Å². The van der Waals surface area contributed by atoms with Crippen molar-refractivity contribution in [3.05, 3.63) is 23.8 Å². The van der Waals surface area contributed by atoms with Crippen LogP contribution in [-0.4, -0.2) is 65.5 Å². The molecule has 0 radical (unpaired) electrons. The van der Waals surface area contributed by atoms with E-state index < -0.39 is 0 Å². The third kappa shape index (κ3) is 9.71. The average molecular weight is 466 g/mol. The summed E-state index contributed by atoms with van der Waals surface area (Å²) in [6.45, 7) is 3.95. The molecular formula is C17H31IN4O3. The van der Waals surface area contributed by atoms with E-state index in [-0.39, 0.29) is 24.0 Å². The molecule has 144 valence electrons. The minimum Gasteiger partial charge on any atom is -0.493 e. The maximum atomic E-state index is 5.89. The van der Waals surface area contributed by atoms with Crippen LogP contribution < -0.4 is 20.5 Å². The minimum atomic E-state index is 0. The van der Waals surface area contributed by atoms with Crippen molar-refractivity contribution in [3.63, 3.8) is 0 Å². The van der Waals surface area contributed by atoms with Gasteiger partial charge in [0, 0.05) is 20.2 Å². The van der Waals surface area contributed by atoms with Crippen molar-refractivity contribution in [2.75, 3.05) is 54.6 Å². The van der Waals surface area contributed by atoms with Crippen molar-refractivity contribution in [1.82, 2.24) is 10.2 Å². The van der Waals surface area contributed by atoms with Crippen LogP contribution in [0.25, 0.3) is 0 Å². The molecule has 3 N–H and O–H groups in total. The fourth-order valence-electron chi connectivity index (χ4n) is 2.14. The molecule has 1 aromatic rings. The van der Waals surface area contributed by atoms with Crippen LogP contribution in [0.1, 0.15) is 12.0 Å². The van der Waals surface area contributed by atoms with Crippen LogP contribution in [0.15, 0.2) is 23.2 Å². The van der Waals surface area contributed by atoms with E-state index in [1.165, 1.54) is 0 Å². The Morgan fingerprint density at radius 1 is 1.16 bits per heavy atom. The molecule has 25 heavy (non-hydrogen) atoms. The van der Waals surface area contributed by atoms with Gasteiger partial charge in [-0.15, -0.1) is 24.0 Å². The van der Waals surface area contributed by atoms with E-state index in [2.05, 4.69) is 22.3 Å². The van der Waals surface area contributed by atoms with Crippen LogP contribution in [0, 0.1) is 0 Å². The zero-order valence-corrected chi connectivity index (χ0v) is 17.9. The van der Waals surface area contributed by atoms with Gasteiger partial charge in [0.25, 0.3) is 0 Å². The maximum Gasteiger partial charge on any atom is 0.188 e. The zero-order chi connectivity index (χ0) is 17.8. The highest BCUT2D eigenvalue weighted by Gasteiger charge is 2.04. The molecule has 0 saturated heterocycles. The first-order valence-corrected chi connectivity index (χ1v) is 8.02. The number of rotatable bonds is 11. The van der Waals surface area contributed by atoms with Gasteiger partial charge < -0.3 is 30.2 Å². The van der Waals surface area contributed by atoms with E-state index in [0.717, 1.165) is 38.2 Å². The fraction of sp³-hybridized carbons (Fsp3) is 0.588. The molecule has 0 amide bonds. The summed E-state index contributed by atoms with van der Waals surface area (Å²) in [6, 6.07) is 5.71. The van der Waals surface area contributed by atoms with Crippen LogP contribution in [0.5, 0.6) is 11.5 Å². The van der Waals surface area contributed by atoms with Gasteiger partial charge in [-0.1, -0.05) is 6.07 Å². The molecule has 0 unspecified atom stereocenters. The van der Waals surface area contributed by atoms with Gasteiger partial charge in [0.2, 0.25) is 0 Å². The number of methoxy groups -OCH3 is 3. The zero-order valence-electron chi connectivity index (χ0n) is 15.6. The standard InChI is InChI=1S/C17H30N4O3.HI/c1-21(10-11-22-2)9-5-8-19-17(18)20-13-14-6-7-15(23-3)16(12-14)24-4;/h6-7,12H,5,8-11,13H2,1-4H3,(H3,18,19,20);1H. The van der Waals surface area contributed by atoms with Gasteiger partial charge in [-0.2, -0.15) is 0 Å². The second-order valence-electron chi connectivity index (χ2n) is 5.47. The smallest absolute Gasteiger partial charge is 0.188 e. The molecule has 0 bridgehead atoms. The molecule has 1 rings (SSSR count). The molecule has 0 aliphatic rings. The Bertz CT molecular complexity index is 515. The number of halogens is 1. The van der Waals surface area contributed by atoms with Gasteiger partial charge in [-0.05, 0) is 37.7 Å². The summed E-state index contributed by atoms with van der Waals surface area (Å²) in [5.74, 6) is 1.84. The number of hydrogen-bond acceptors (Lipinski definition) is 5. The predicted molar refractivity (Wildman–Crippen MR) is 112 cm³/mol. The molecule has 7 nitrogen and oxygen atoms in total. The number of hydrogen-bond donors (Lipinski definition) is 2. The summed E-state index contributed by atoms with van der Waals surface area (Å²) in [4.78, 5) is 6.57. The second-order valence-corrected chi connectivity index (χ2v) is 5.47. The third-order valence-electron chi connectivity index (χ3n) is 3.58. The number of nitrogens with one attached hydrogen (secondary N) is 1.